The Hall–Kier alpha value is -2.00. The summed E-state index contributed by atoms with van der Waals surface area (Å²) in [5.74, 6) is 0.706. The highest BCUT2D eigenvalue weighted by Crippen LogP contribution is 2.19. The number of nitrogen functional groups attached to an aromatic ring is 1. The first kappa shape index (κ1) is 11.5. The van der Waals surface area contributed by atoms with Crippen molar-refractivity contribution in [2.45, 2.75) is 13.2 Å². The zero-order valence-corrected chi connectivity index (χ0v) is 9.47. The minimum atomic E-state index is -0.0207. The van der Waals surface area contributed by atoms with E-state index in [2.05, 4.69) is 0 Å². The molecule has 0 aliphatic rings. The predicted octanol–water partition coefficient (Wildman–Crippen LogP) is 2.34. The molecule has 3 N–H and O–H groups in total. The zero-order valence-electron chi connectivity index (χ0n) is 9.47. The van der Waals surface area contributed by atoms with E-state index in [1.165, 1.54) is 0 Å². The van der Waals surface area contributed by atoms with Gasteiger partial charge in [-0.1, -0.05) is 30.3 Å². The first-order chi connectivity index (χ1) is 8.29. The Kier molecular flexibility index (Phi) is 3.62. The van der Waals surface area contributed by atoms with Crippen LogP contribution in [0.15, 0.2) is 48.5 Å². The normalized spacial score (nSPS) is 10.2. The molecule has 0 unspecified atom stereocenters. The zero-order chi connectivity index (χ0) is 12.1. The van der Waals surface area contributed by atoms with Crippen LogP contribution in [-0.2, 0) is 13.2 Å². The fraction of sp³-hybridized carbons (Fsp3) is 0.143. The van der Waals surface area contributed by atoms with E-state index in [0.29, 0.717) is 12.4 Å². The van der Waals surface area contributed by atoms with Gasteiger partial charge in [0.2, 0.25) is 0 Å². The van der Waals surface area contributed by atoms with Crippen LogP contribution in [-0.4, -0.2) is 5.11 Å². The van der Waals surface area contributed by atoms with Gasteiger partial charge < -0.3 is 15.6 Å². The number of aliphatic hydroxyl groups excluding tert-OH is 1. The van der Waals surface area contributed by atoms with Crippen LogP contribution in [0.2, 0.25) is 0 Å². The van der Waals surface area contributed by atoms with Gasteiger partial charge in [-0.25, -0.2) is 0 Å². The lowest BCUT2D eigenvalue weighted by Crippen LogP contribution is -1.99. The van der Waals surface area contributed by atoms with Crippen molar-refractivity contribution in [2.75, 3.05) is 5.73 Å². The van der Waals surface area contributed by atoms with Crippen LogP contribution >= 0.6 is 0 Å². The van der Waals surface area contributed by atoms with E-state index in [-0.39, 0.29) is 6.61 Å². The molecule has 88 valence electrons. The molecule has 3 heteroatoms. The molecule has 0 aromatic heterocycles. The van der Waals surface area contributed by atoms with Gasteiger partial charge in [-0.05, 0) is 23.8 Å². The van der Waals surface area contributed by atoms with Crippen LogP contribution in [0.5, 0.6) is 5.75 Å². The SMILES string of the molecule is Nc1cccc(COc2ccccc2CO)c1. The third kappa shape index (κ3) is 2.98. The van der Waals surface area contributed by atoms with Crippen LogP contribution in [0.3, 0.4) is 0 Å². The van der Waals surface area contributed by atoms with Crippen molar-refractivity contribution in [3.8, 4) is 5.75 Å². The predicted molar refractivity (Wildman–Crippen MR) is 67.6 cm³/mol. The minimum absolute atomic E-state index is 0.0207. The molecule has 0 amide bonds. The summed E-state index contributed by atoms with van der Waals surface area (Å²) >= 11 is 0. The number of benzene rings is 2. The third-order valence-corrected chi connectivity index (χ3v) is 2.49. The number of aliphatic hydroxyl groups is 1. The Bertz CT molecular complexity index is 497. The van der Waals surface area contributed by atoms with Crippen LogP contribution in [0.1, 0.15) is 11.1 Å². The summed E-state index contributed by atoms with van der Waals surface area (Å²) in [5.41, 5.74) is 8.21. The molecule has 0 saturated heterocycles. The standard InChI is InChI=1S/C14H15NO2/c15-13-6-3-4-11(8-13)10-17-14-7-2-1-5-12(14)9-16/h1-8,16H,9-10,15H2. The van der Waals surface area contributed by atoms with Gasteiger partial charge >= 0.3 is 0 Å². The van der Waals surface area contributed by atoms with Crippen LogP contribution in [0, 0.1) is 0 Å². The molecule has 0 spiro atoms. The molecule has 0 saturated carbocycles. The first-order valence-electron chi connectivity index (χ1n) is 5.45. The van der Waals surface area contributed by atoms with Gasteiger partial charge in [-0.2, -0.15) is 0 Å². The highest BCUT2D eigenvalue weighted by Gasteiger charge is 2.01. The molecule has 2 aromatic rings. The highest BCUT2D eigenvalue weighted by molar-refractivity contribution is 5.40. The van der Waals surface area contributed by atoms with E-state index in [1.54, 1.807) is 0 Å². The van der Waals surface area contributed by atoms with Gasteiger partial charge in [0.15, 0.2) is 0 Å². The van der Waals surface area contributed by atoms with Gasteiger partial charge in [0.05, 0.1) is 6.61 Å². The molecule has 17 heavy (non-hydrogen) atoms. The third-order valence-electron chi connectivity index (χ3n) is 2.49. The minimum Gasteiger partial charge on any atom is -0.489 e. The maximum atomic E-state index is 9.16. The van der Waals surface area contributed by atoms with Crippen molar-refractivity contribution in [1.29, 1.82) is 0 Å². The van der Waals surface area contributed by atoms with Crippen molar-refractivity contribution < 1.29 is 9.84 Å². The van der Waals surface area contributed by atoms with E-state index in [0.717, 1.165) is 16.8 Å². The average molecular weight is 229 g/mol. The van der Waals surface area contributed by atoms with E-state index >= 15 is 0 Å². The number of para-hydroxylation sites is 1. The lowest BCUT2D eigenvalue weighted by molar-refractivity contribution is 0.259. The number of anilines is 1. The lowest BCUT2D eigenvalue weighted by atomic mass is 10.2. The van der Waals surface area contributed by atoms with Crippen molar-refractivity contribution in [1.82, 2.24) is 0 Å². The molecular weight excluding hydrogens is 214 g/mol. The molecule has 3 nitrogen and oxygen atoms in total. The van der Waals surface area contributed by atoms with Gasteiger partial charge in [0.25, 0.3) is 0 Å². The van der Waals surface area contributed by atoms with E-state index in [4.69, 9.17) is 15.6 Å². The Morgan fingerprint density at radius 2 is 1.88 bits per heavy atom. The number of rotatable bonds is 4. The number of nitrogens with two attached hydrogens (primary N) is 1. The monoisotopic (exact) mass is 229 g/mol. The molecule has 2 rings (SSSR count). The van der Waals surface area contributed by atoms with Crippen molar-refractivity contribution in [3.63, 3.8) is 0 Å². The number of hydrogen-bond donors (Lipinski definition) is 2. The highest BCUT2D eigenvalue weighted by atomic mass is 16.5. The van der Waals surface area contributed by atoms with Gasteiger partial charge in [0, 0.05) is 11.3 Å². The smallest absolute Gasteiger partial charge is 0.125 e. The molecule has 0 fully saturated rings. The molecule has 0 bridgehead atoms. The fourth-order valence-corrected chi connectivity index (χ4v) is 1.62. The van der Waals surface area contributed by atoms with Crippen LogP contribution in [0.25, 0.3) is 0 Å². The summed E-state index contributed by atoms with van der Waals surface area (Å²) in [6, 6.07) is 15.0. The lowest BCUT2D eigenvalue weighted by Gasteiger charge is -2.10. The Balaban J connectivity index is 2.07. The fourth-order valence-electron chi connectivity index (χ4n) is 1.62. The van der Waals surface area contributed by atoms with Crippen molar-refractivity contribution >= 4 is 5.69 Å². The molecule has 0 atom stereocenters. The Morgan fingerprint density at radius 1 is 1.06 bits per heavy atom. The average Bonchev–Trinajstić information content (AvgIpc) is 2.37. The van der Waals surface area contributed by atoms with Gasteiger partial charge in [-0.15, -0.1) is 0 Å². The van der Waals surface area contributed by atoms with Gasteiger partial charge in [-0.3, -0.25) is 0 Å². The topological polar surface area (TPSA) is 55.5 Å². The Morgan fingerprint density at radius 3 is 2.65 bits per heavy atom. The number of ether oxygens (including phenoxy) is 1. The summed E-state index contributed by atoms with van der Waals surface area (Å²) in [6.45, 7) is 0.426. The molecule has 2 aromatic carbocycles. The summed E-state index contributed by atoms with van der Waals surface area (Å²) < 4.78 is 5.65. The van der Waals surface area contributed by atoms with E-state index in [1.807, 2.05) is 48.5 Å². The van der Waals surface area contributed by atoms with E-state index in [9.17, 15) is 0 Å². The Labute approximate surface area is 100 Å². The second-order valence-corrected chi connectivity index (χ2v) is 3.80. The van der Waals surface area contributed by atoms with Crippen LogP contribution in [0.4, 0.5) is 5.69 Å². The maximum Gasteiger partial charge on any atom is 0.125 e. The molecule has 0 aliphatic carbocycles. The molecular formula is C14H15NO2. The first-order valence-corrected chi connectivity index (χ1v) is 5.45. The summed E-state index contributed by atoms with van der Waals surface area (Å²) in [6.07, 6.45) is 0. The summed E-state index contributed by atoms with van der Waals surface area (Å²) in [7, 11) is 0. The van der Waals surface area contributed by atoms with Gasteiger partial charge in [0.1, 0.15) is 12.4 Å². The second-order valence-electron chi connectivity index (χ2n) is 3.80. The summed E-state index contributed by atoms with van der Waals surface area (Å²) in [4.78, 5) is 0. The quantitative estimate of drug-likeness (QED) is 0.791. The largest absolute Gasteiger partial charge is 0.489 e. The van der Waals surface area contributed by atoms with Crippen LogP contribution < -0.4 is 10.5 Å². The molecule has 0 heterocycles. The second kappa shape index (κ2) is 5.37. The maximum absolute atomic E-state index is 9.16. The number of hydrogen-bond acceptors (Lipinski definition) is 3. The van der Waals surface area contributed by atoms with Crippen molar-refractivity contribution in [2.24, 2.45) is 0 Å². The summed E-state index contributed by atoms with van der Waals surface area (Å²) in [5, 5.41) is 9.16. The molecule has 0 radical (unpaired) electrons. The van der Waals surface area contributed by atoms with Crippen molar-refractivity contribution in [3.05, 3.63) is 59.7 Å². The van der Waals surface area contributed by atoms with E-state index < -0.39 is 0 Å². The molecule has 0 aliphatic heterocycles.